The van der Waals surface area contributed by atoms with Crippen LogP contribution in [-0.2, 0) is 0 Å². The number of nitrogens with zero attached hydrogens (tertiary/aromatic N) is 5. The molecule has 120 valence electrons. The van der Waals surface area contributed by atoms with Gasteiger partial charge < -0.3 is 20.4 Å². The Hall–Kier alpha value is -1.18. The number of anilines is 2. The molecule has 0 saturated carbocycles. The molecule has 1 aromatic rings. The summed E-state index contributed by atoms with van der Waals surface area (Å²) in [5.74, 6) is 1.03. The van der Waals surface area contributed by atoms with Gasteiger partial charge >= 0.3 is 0 Å². The van der Waals surface area contributed by atoms with Gasteiger partial charge in [-0.15, -0.1) is 0 Å². The molecule has 0 fully saturated rings. The first-order valence-corrected chi connectivity index (χ1v) is 7.54. The lowest BCUT2D eigenvalue weighted by Crippen LogP contribution is -2.18. The van der Waals surface area contributed by atoms with E-state index >= 15 is 0 Å². The first-order valence-electron chi connectivity index (χ1n) is 7.16. The fourth-order valence-electron chi connectivity index (χ4n) is 1.70. The van der Waals surface area contributed by atoms with Gasteiger partial charge in [0.25, 0.3) is 0 Å². The van der Waals surface area contributed by atoms with Crippen molar-refractivity contribution in [2.24, 2.45) is 0 Å². The molecule has 0 unspecified atom stereocenters. The smallest absolute Gasteiger partial charge is 0.228 e. The van der Waals surface area contributed by atoms with Gasteiger partial charge in [0.2, 0.25) is 17.2 Å². The molecular weight excluding hydrogens is 290 g/mol. The number of aromatic nitrogens is 3. The third kappa shape index (κ3) is 8.64. The van der Waals surface area contributed by atoms with Crippen LogP contribution in [0.1, 0.15) is 12.8 Å². The largest absolute Gasteiger partial charge is 0.354 e. The van der Waals surface area contributed by atoms with E-state index in [0.29, 0.717) is 11.9 Å². The van der Waals surface area contributed by atoms with Gasteiger partial charge in [0.05, 0.1) is 0 Å². The van der Waals surface area contributed by atoms with E-state index in [1.54, 1.807) is 0 Å². The highest BCUT2D eigenvalue weighted by Crippen LogP contribution is 2.09. The molecule has 0 amide bonds. The van der Waals surface area contributed by atoms with Crippen molar-refractivity contribution in [3.63, 3.8) is 0 Å². The van der Waals surface area contributed by atoms with Crippen LogP contribution in [0, 0.1) is 0 Å². The van der Waals surface area contributed by atoms with Crippen LogP contribution < -0.4 is 10.6 Å². The van der Waals surface area contributed by atoms with Crippen LogP contribution >= 0.6 is 11.6 Å². The Morgan fingerprint density at radius 1 is 0.810 bits per heavy atom. The standard InChI is InChI=1S/C13H26ClN7/c1-20(2)9-5-7-15-12-17-11(14)18-13(19-12)16-8-6-10-21(3)4/h5-10H2,1-4H3,(H2,15,16,17,18,19). The van der Waals surface area contributed by atoms with Crippen molar-refractivity contribution in [2.45, 2.75) is 12.8 Å². The van der Waals surface area contributed by atoms with Gasteiger partial charge in [0.15, 0.2) is 0 Å². The van der Waals surface area contributed by atoms with Crippen molar-refractivity contribution >= 4 is 23.5 Å². The Labute approximate surface area is 132 Å². The van der Waals surface area contributed by atoms with Crippen LogP contribution in [0.15, 0.2) is 0 Å². The Balaban J connectivity index is 2.39. The van der Waals surface area contributed by atoms with Crippen molar-refractivity contribution in [3.8, 4) is 0 Å². The molecule has 0 bridgehead atoms. The summed E-state index contributed by atoms with van der Waals surface area (Å²) in [5, 5.41) is 6.54. The third-order valence-corrected chi connectivity index (χ3v) is 2.91. The molecule has 0 aromatic carbocycles. The second kappa shape index (κ2) is 9.70. The summed E-state index contributed by atoms with van der Waals surface area (Å²) in [6.45, 7) is 3.64. The number of hydrogen-bond acceptors (Lipinski definition) is 7. The highest BCUT2D eigenvalue weighted by Gasteiger charge is 2.04. The topological polar surface area (TPSA) is 69.2 Å². The van der Waals surface area contributed by atoms with Crippen molar-refractivity contribution in [2.75, 3.05) is 65.0 Å². The minimum atomic E-state index is 0.204. The SMILES string of the molecule is CN(C)CCCNc1nc(Cl)nc(NCCCN(C)C)n1. The molecule has 8 heteroatoms. The molecule has 21 heavy (non-hydrogen) atoms. The lowest BCUT2D eigenvalue weighted by atomic mass is 10.4. The molecule has 1 aromatic heterocycles. The maximum Gasteiger partial charge on any atom is 0.228 e. The van der Waals surface area contributed by atoms with E-state index in [1.165, 1.54) is 0 Å². The van der Waals surface area contributed by atoms with Crippen molar-refractivity contribution in [1.29, 1.82) is 0 Å². The number of hydrogen-bond donors (Lipinski definition) is 2. The molecule has 0 saturated heterocycles. The number of rotatable bonds is 10. The van der Waals surface area contributed by atoms with Gasteiger partial charge in [0, 0.05) is 13.1 Å². The zero-order valence-electron chi connectivity index (χ0n) is 13.4. The van der Waals surface area contributed by atoms with Crippen molar-refractivity contribution in [1.82, 2.24) is 24.8 Å². The van der Waals surface area contributed by atoms with E-state index in [1.807, 2.05) is 0 Å². The predicted molar refractivity (Wildman–Crippen MR) is 88.2 cm³/mol. The maximum atomic E-state index is 5.92. The zero-order valence-corrected chi connectivity index (χ0v) is 14.1. The summed E-state index contributed by atoms with van der Waals surface area (Å²) in [4.78, 5) is 16.7. The Morgan fingerprint density at radius 2 is 1.24 bits per heavy atom. The summed E-state index contributed by atoms with van der Waals surface area (Å²) in [5.41, 5.74) is 0. The summed E-state index contributed by atoms with van der Waals surface area (Å²) in [6, 6.07) is 0. The summed E-state index contributed by atoms with van der Waals surface area (Å²) in [7, 11) is 8.20. The fraction of sp³-hybridized carbons (Fsp3) is 0.769. The molecule has 1 heterocycles. The van der Waals surface area contributed by atoms with Gasteiger partial charge in [-0.05, 0) is 65.7 Å². The number of nitrogens with one attached hydrogen (secondary N) is 2. The molecule has 7 nitrogen and oxygen atoms in total. The molecule has 0 atom stereocenters. The van der Waals surface area contributed by atoms with E-state index < -0.39 is 0 Å². The minimum Gasteiger partial charge on any atom is -0.354 e. The molecule has 0 radical (unpaired) electrons. The predicted octanol–water partition coefficient (Wildman–Crippen LogP) is 1.25. The summed E-state index contributed by atoms with van der Waals surface area (Å²) >= 11 is 5.92. The molecule has 1 rings (SSSR count). The van der Waals surface area contributed by atoms with Gasteiger partial charge in [-0.25, -0.2) is 0 Å². The quantitative estimate of drug-likeness (QED) is 0.630. The van der Waals surface area contributed by atoms with Crippen LogP contribution in [0.2, 0.25) is 5.28 Å². The highest BCUT2D eigenvalue weighted by atomic mass is 35.5. The minimum absolute atomic E-state index is 0.204. The van der Waals surface area contributed by atoms with Gasteiger partial charge in [-0.2, -0.15) is 15.0 Å². The molecule has 0 aliphatic rings. The summed E-state index contributed by atoms with van der Waals surface area (Å²) in [6.07, 6.45) is 2.03. The van der Waals surface area contributed by atoms with E-state index in [0.717, 1.165) is 39.0 Å². The number of halogens is 1. The molecule has 2 N–H and O–H groups in total. The van der Waals surface area contributed by atoms with Gasteiger partial charge in [-0.1, -0.05) is 0 Å². The maximum absolute atomic E-state index is 5.92. The van der Waals surface area contributed by atoms with Crippen LogP contribution in [0.25, 0.3) is 0 Å². The Kier molecular flexibility index (Phi) is 8.26. The van der Waals surface area contributed by atoms with Crippen LogP contribution in [0.3, 0.4) is 0 Å². The van der Waals surface area contributed by atoms with E-state index in [9.17, 15) is 0 Å². The highest BCUT2D eigenvalue weighted by molar-refractivity contribution is 6.28. The molecule has 0 aliphatic carbocycles. The lowest BCUT2D eigenvalue weighted by Gasteiger charge is -2.11. The third-order valence-electron chi connectivity index (χ3n) is 2.74. The Bertz CT molecular complexity index is 377. The lowest BCUT2D eigenvalue weighted by molar-refractivity contribution is 0.405. The summed E-state index contributed by atoms with van der Waals surface area (Å²) < 4.78 is 0. The van der Waals surface area contributed by atoms with E-state index in [-0.39, 0.29) is 5.28 Å². The average Bonchev–Trinajstić information content (AvgIpc) is 2.39. The molecular formula is C13H26ClN7. The first-order chi connectivity index (χ1) is 9.97. The average molecular weight is 316 g/mol. The first kappa shape index (κ1) is 17.9. The zero-order chi connectivity index (χ0) is 15.7. The molecule has 0 spiro atoms. The van der Waals surface area contributed by atoms with E-state index in [2.05, 4.69) is 63.6 Å². The Morgan fingerprint density at radius 3 is 1.62 bits per heavy atom. The second-order valence-corrected chi connectivity index (χ2v) is 5.76. The monoisotopic (exact) mass is 315 g/mol. The second-order valence-electron chi connectivity index (χ2n) is 5.42. The van der Waals surface area contributed by atoms with E-state index in [4.69, 9.17) is 11.6 Å². The van der Waals surface area contributed by atoms with Crippen LogP contribution in [-0.4, -0.2) is 79.1 Å². The van der Waals surface area contributed by atoms with Crippen molar-refractivity contribution < 1.29 is 0 Å². The van der Waals surface area contributed by atoms with Crippen molar-refractivity contribution in [3.05, 3.63) is 5.28 Å². The van der Waals surface area contributed by atoms with Gasteiger partial charge in [0.1, 0.15) is 0 Å². The van der Waals surface area contributed by atoms with Crippen LogP contribution in [0.5, 0.6) is 0 Å². The molecule has 0 aliphatic heterocycles. The fourth-order valence-corrected chi connectivity index (χ4v) is 1.86. The van der Waals surface area contributed by atoms with Crippen LogP contribution in [0.4, 0.5) is 11.9 Å². The normalized spacial score (nSPS) is 11.2. The van der Waals surface area contributed by atoms with Gasteiger partial charge in [-0.3, -0.25) is 0 Å².